The fourth-order valence-electron chi connectivity index (χ4n) is 3.87. The Labute approximate surface area is 144 Å². The number of ether oxygens (including phenoxy) is 1. The van der Waals surface area contributed by atoms with E-state index in [0.29, 0.717) is 25.8 Å². The molecule has 24 heavy (non-hydrogen) atoms. The summed E-state index contributed by atoms with van der Waals surface area (Å²) in [7, 11) is 0. The molecule has 0 radical (unpaired) electrons. The maximum absolute atomic E-state index is 12.8. The number of rotatable bonds is 5. The number of hydrogen-bond acceptors (Lipinski definition) is 4. The second-order valence-electron chi connectivity index (χ2n) is 7.27. The third-order valence-corrected chi connectivity index (χ3v) is 5.59. The molecule has 3 N–H and O–H groups in total. The standard InChI is InChI=1S/C19H29N3O2/c1-15-11-17(13-22(15)12-16-5-3-2-4-6-16)21-18(23)19(14-20)7-9-24-10-8-19/h2-6,15,17H,7-14,20H2,1H3,(H,21,23). The molecule has 0 aliphatic carbocycles. The van der Waals surface area contributed by atoms with Crippen LogP contribution in [0.3, 0.4) is 0 Å². The minimum Gasteiger partial charge on any atom is -0.381 e. The second-order valence-corrected chi connectivity index (χ2v) is 7.27. The van der Waals surface area contributed by atoms with Crippen LogP contribution in [0.15, 0.2) is 30.3 Å². The number of carbonyl (C=O) groups excluding carboxylic acids is 1. The highest BCUT2D eigenvalue weighted by molar-refractivity contribution is 5.83. The Kier molecular flexibility index (Phi) is 5.54. The van der Waals surface area contributed by atoms with Gasteiger partial charge in [0.05, 0.1) is 5.41 Å². The van der Waals surface area contributed by atoms with E-state index in [1.54, 1.807) is 0 Å². The van der Waals surface area contributed by atoms with Crippen LogP contribution < -0.4 is 11.1 Å². The fourth-order valence-corrected chi connectivity index (χ4v) is 3.87. The molecule has 1 aromatic carbocycles. The van der Waals surface area contributed by atoms with E-state index in [1.165, 1.54) is 5.56 Å². The number of benzene rings is 1. The smallest absolute Gasteiger partial charge is 0.227 e. The number of likely N-dealkylation sites (tertiary alicyclic amines) is 1. The van der Waals surface area contributed by atoms with Crippen LogP contribution in [-0.2, 0) is 16.1 Å². The van der Waals surface area contributed by atoms with Crippen molar-refractivity contribution in [3.05, 3.63) is 35.9 Å². The van der Waals surface area contributed by atoms with Gasteiger partial charge in [-0.25, -0.2) is 0 Å². The normalized spacial score (nSPS) is 27.1. The number of amides is 1. The molecule has 0 saturated carbocycles. The molecule has 0 aromatic heterocycles. The van der Waals surface area contributed by atoms with Crippen molar-refractivity contribution in [1.82, 2.24) is 10.2 Å². The van der Waals surface area contributed by atoms with Crippen molar-refractivity contribution in [3.63, 3.8) is 0 Å². The Morgan fingerprint density at radius 1 is 1.33 bits per heavy atom. The van der Waals surface area contributed by atoms with Crippen LogP contribution in [0.4, 0.5) is 0 Å². The van der Waals surface area contributed by atoms with Crippen molar-refractivity contribution in [2.45, 2.75) is 44.8 Å². The summed E-state index contributed by atoms with van der Waals surface area (Å²) < 4.78 is 5.40. The van der Waals surface area contributed by atoms with Gasteiger partial charge >= 0.3 is 0 Å². The van der Waals surface area contributed by atoms with Gasteiger partial charge in [0.1, 0.15) is 0 Å². The van der Waals surface area contributed by atoms with Gasteiger partial charge in [0.2, 0.25) is 5.91 Å². The maximum atomic E-state index is 12.8. The summed E-state index contributed by atoms with van der Waals surface area (Å²) in [5, 5.41) is 3.27. The molecule has 132 valence electrons. The Morgan fingerprint density at radius 2 is 2.04 bits per heavy atom. The first-order valence-electron chi connectivity index (χ1n) is 9.00. The third-order valence-electron chi connectivity index (χ3n) is 5.59. The minimum absolute atomic E-state index is 0.118. The van der Waals surface area contributed by atoms with Crippen molar-refractivity contribution < 1.29 is 9.53 Å². The Hall–Kier alpha value is -1.43. The summed E-state index contributed by atoms with van der Waals surface area (Å²) in [6.07, 6.45) is 2.45. The molecular formula is C19H29N3O2. The molecule has 2 heterocycles. The average molecular weight is 331 g/mol. The van der Waals surface area contributed by atoms with E-state index in [2.05, 4.69) is 41.4 Å². The van der Waals surface area contributed by atoms with Gasteiger partial charge in [-0.05, 0) is 31.7 Å². The summed E-state index contributed by atoms with van der Waals surface area (Å²) in [4.78, 5) is 15.3. The Morgan fingerprint density at radius 3 is 2.71 bits per heavy atom. The maximum Gasteiger partial charge on any atom is 0.227 e. The topological polar surface area (TPSA) is 67.6 Å². The molecule has 3 rings (SSSR count). The van der Waals surface area contributed by atoms with E-state index in [9.17, 15) is 4.79 Å². The Balaban J connectivity index is 1.57. The van der Waals surface area contributed by atoms with Gasteiger partial charge in [0, 0.05) is 44.9 Å². The van der Waals surface area contributed by atoms with Crippen molar-refractivity contribution in [1.29, 1.82) is 0 Å². The second kappa shape index (κ2) is 7.64. The molecule has 0 bridgehead atoms. The highest BCUT2D eigenvalue weighted by Gasteiger charge is 2.41. The van der Waals surface area contributed by atoms with Gasteiger partial charge in [0.25, 0.3) is 0 Å². The summed E-state index contributed by atoms with van der Waals surface area (Å²) in [6, 6.07) is 11.2. The molecule has 2 unspecified atom stereocenters. The molecule has 2 atom stereocenters. The van der Waals surface area contributed by atoms with Gasteiger partial charge in [-0.1, -0.05) is 30.3 Å². The number of nitrogens with one attached hydrogen (secondary N) is 1. The van der Waals surface area contributed by atoms with Crippen molar-refractivity contribution in [2.24, 2.45) is 11.1 Å². The van der Waals surface area contributed by atoms with Gasteiger partial charge < -0.3 is 15.8 Å². The number of hydrogen-bond donors (Lipinski definition) is 2. The molecule has 1 amide bonds. The molecule has 1 aromatic rings. The van der Waals surface area contributed by atoms with Crippen LogP contribution in [0.25, 0.3) is 0 Å². The van der Waals surface area contributed by atoms with E-state index in [1.807, 2.05) is 6.07 Å². The van der Waals surface area contributed by atoms with E-state index < -0.39 is 5.41 Å². The molecule has 2 saturated heterocycles. The Bertz CT molecular complexity index is 543. The summed E-state index contributed by atoms with van der Waals surface area (Å²) >= 11 is 0. The summed E-state index contributed by atoms with van der Waals surface area (Å²) in [5.41, 5.74) is 6.83. The summed E-state index contributed by atoms with van der Waals surface area (Å²) in [6.45, 7) is 5.74. The van der Waals surface area contributed by atoms with Gasteiger partial charge in [-0.3, -0.25) is 9.69 Å². The quantitative estimate of drug-likeness (QED) is 0.858. The van der Waals surface area contributed by atoms with Crippen LogP contribution in [0.1, 0.15) is 31.7 Å². The van der Waals surface area contributed by atoms with E-state index in [0.717, 1.165) is 32.4 Å². The first-order valence-corrected chi connectivity index (χ1v) is 9.00. The molecule has 2 aliphatic rings. The summed E-state index contributed by atoms with van der Waals surface area (Å²) in [5.74, 6) is 0.118. The van der Waals surface area contributed by atoms with Crippen molar-refractivity contribution in [2.75, 3.05) is 26.3 Å². The molecule has 2 fully saturated rings. The lowest BCUT2D eigenvalue weighted by atomic mass is 9.79. The van der Waals surface area contributed by atoms with Gasteiger partial charge in [0.15, 0.2) is 0 Å². The lowest BCUT2D eigenvalue weighted by Crippen LogP contribution is -2.52. The molecule has 5 heteroatoms. The molecule has 2 aliphatic heterocycles. The first kappa shape index (κ1) is 17.4. The van der Waals surface area contributed by atoms with Crippen LogP contribution in [0.2, 0.25) is 0 Å². The monoisotopic (exact) mass is 331 g/mol. The van der Waals surface area contributed by atoms with Crippen LogP contribution in [-0.4, -0.2) is 49.2 Å². The van der Waals surface area contributed by atoms with Crippen LogP contribution in [0.5, 0.6) is 0 Å². The zero-order chi connectivity index (χ0) is 17.0. The number of nitrogens with two attached hydrogens (primary N) is 1. The predicted molar refractivity (Wildman–Crippen MR) is 94.4 cm³/mol. The first-order chi connectivity index (χ1) is 11.6. The number of carbonyl (C=O) groups is 1. The highest BCUT2D eigenvalue weighted by Crippen LogP contribution is 2.30. The van der Waals surface area contributed by atoms with E-state index >= 15 is 0 Å². The lowest BCUT2D eigenvalue weighted by Gasteiger charge is -2.35. The zero-order valence-electron chi connectivity index (χ0n) is 14.5. The molecule has 0 spiro atoms. The largest absolute Gasteiger partial charge is 0.381 e. The van der Waals surface area contributed by atoms with Crippen LogP contribution >= 0.6 is 0 Å². The van der Waals surface area contributed by atoms with E-state index in [-0.39, 0.29) is 11.9 Å². The SMILES string of the molecule is CC1CC(NC(=O)C2(CN)CCOCC2)CN1Cc1ccccc1. The zero-order valence-corrected chi connectivity index (χ0v) is 14.5. The average Bonchev–Trinajstić information content (AvgIpc) is 2.95. The lowest BCUT2D eigenvalue weighted by molar-refractivity contribution is -0.136. The van der Waals surface area contributed by atoms with Gasteiger partial charge in [-0.2, -0.15) is 0 Å². The fraction of sp³-hybridized carbons (Fsp3) is 0.632. The predicted octanol–water partition coefficient (Wildman–Crippen LogP) is 1.52. The third kappa shape index (κ3) is 3.79. The highest BCUT2D eigenvalue weighted by atomic mass is 16.5. The van der Waals surface area contributed by atoms with E-state index in [4.69, 9.17) is 10.5 Å². The minimum atomic E-state index is -0.436. The molecule has 5 nitrogen and oxygen atoms in total. The van der Waals surface area contributed by atoms with Gasteiger partial charge in [-0.15, -0.1) is 0 Å². The van der Waals surface area contributed by atoms with Crippen molar-refractivity contribution >= 4 is 5.91 Å². The number of nitrogens with zero attached hydrogens (tertiary/aromatic N) is 1. The molecular weight excluding hydrogens is 302 g/mol. The van der Waals surface area contributed by atoms with Crippen molar-refractivity contribution in [3.8, 4) is 0 Å². The van der Waals surface area contributed by atoms with Crippen LogP contribution in [0, 0.1) is 5.41 Å².